The summed E-state index contributed by atoms with van der Waals surface area (Å²) in [6.45, 7) is 0. The van der Waals surface area contributed by atoms with Crippen molar-refractivity contribution in [2.75, 3.05) is 4.90 Å². The normalized spacial score (nSPS) is 11.8. The quantitative estimate of drug-likeness (QED) is 0.183. The summed E-state index contributed by atoms with van der Waals surface area (Å²) < 4.78 is 19.7. The van der Waals surface area contributed by atoms with Gasteiger partial charge in [0, 0.05) is 60.5 Å². The Morgan fingerprint density at radius 3 is 1.58 bits per heavy atom. The maximum atomic E-state index is 6.83. The Bertz CT molecular complexity index is 3070. The van der Waals surface area contributed by atoms with Gasteiger partial charge < -0.3 is 18.2 Å². The molecule has 0 radical (unpaired) electrons. The third-order valence-corrected chi connectivity index (χ3v) is 10.3. The van der Waals surface area contributed by atoms with Gasteiger partial charge >= 0.3 is 0 Å². The lowest BCUT2D eigenvalue weighted by Crippen LogP contribution is -2.09. The predicted octanol–water partition coefficient (Wildman–Crippen LogP) is 14.2. The molecule has 0 aliphatic carbocycles. The summed E-state index contributed by atoms with van der Waals surface area (Å²) in [5.41, 5.74) is 12.5. The zero-order valence-electron chi connectivity index (χ0n) is 27.9. The van der Waals surface area contributed by atoms with Crippen LogP contribution in [0.2, 0.25) is 0 Å². The fraction of sp³-hybridized carbons (Fsp3) is 0. The molecule has 3 aromatic heterocycles. The van der Waals surface area contributed by atoms with Crippen molar-refractivity contribution in [3.63, 3.8) is 0 Å². The van der Waals surface area contributed by atoms with Crippen molar-refractivity contribution in [1.82, 2.24) is 0 Å². The minimum Gasteiger partial charge on any atom is -0.456 e. The Kier molecular flexibility index (Phi) is 6.22. The van der Waals surface area contributed by atoms with Crippen molar-refractivity contribution in [1.29, 1.82) is 0 Å². The fourth-order valence-corrected chi connectivity index (χ4v) is 7.92. The van der Waals surface area contributed by atoms with Gasteiger partial charge in [-0.2, -0.15) is 0 Å². The summed E-state index contributed by atoms with van der Waals surface area (Å²) in [6.07, 6.45) is 0. The highest BCUT2D eigenvalue weighted by Gasteiger charge is 2.22. The third kappa shape index (κ3) is 4.34. The molecule has 4 nitrogen and oxygen atoms in total. The number of benzene rings is 8. The van der Waals surface area contributed by atoms with Crippen LogP contribution in [-0.4, -0.2) is 0 Å². The van der Waals surface area contributed by atoms with Crippen LogP contribution in [0.1, 0.15) is 0 Å². The first-order valence-electron chi connectivity index (χ1n) is 17.5. The Hall–Kier alpha value is -7.04. The second-order valence-corrected chi connectivity index (χ2v) is 13.2. The molecule has 11 aromatic rings. The van der Waals surface area contributed by atoms with E-state index >= 15 is 0 Å². The standard InChI is InChI=1S/C48H29NO3/c1-3-12-32(13-4-1)49(33-14-5-2-6-15-33)34-24-22-30(23-25-34)39-28-31(35-18-11-19-37-36-16-7-9-20-41(36)51-47(35)37)29-40-46-44(52-48(39)40)27-26-43-45(46)38-17-8-10-21-42(38)50-43/h1-29H. The van der Waals surface area contributed by atoms with Gasteiger partial charge in [-0.1, -0.05) is 103 Å². The number of rotatable bonds is 5. The van der Waals surface area contributed by atoms with E-state index in [9.17, 15) is 0 Å². The van der Waals surface area contributed by atoms with Gasteiger partial charge in [0.15, 0.2) is 0 Å². The molecule has 0 aliphatic rings. The number of fused-ring (bicyclic) bond motifs is 10. The molecule has 244 valence electrons. The van der Waals surface area contributed by atoms with E-state index in [4.69, 9.17) is 13.3 Å². The molecule has 11 rings (SSSR count). The van der Waals surface area contributed by atoms with Crippen LogP contribution < -0.4 is 4.90 Å². The van der Waals surface area contributed by atoms with Gasteiger partial charge in [0.2, 0.25) is 0 Å². The molecular weight excluding hydrogens is 639 g/mol. The molecule has 0 unspecified atom stereocenters. The first-order chi connectivity index (χ1) is 25.8. The average Bonchev–Trinajstić information content (AvgIpc) is 3.90. The average molecular weight is 668 g/mol. The molecule has 52 heavy (non-hydrogen) atoms. The highest BCUT2D eigenvalue weighted by Crippen LogP contribution is 2.46. The zero-order valence-corrected chi connectivity index (χ0v) is 27.9. The molecule has 0 aliphatic heterocycles. The van der Waals surface area contributed by atoms with Crippen LogP contribution in [0.15, 0.2) is 189 Å². The summed E-state index contributed by atoms with van der Waals surface area (Å²) in [6, 6.07) is 61.2. The third-order valence-electron chi connectivity index (χ3n) is 10.3. The topological polar surface area (TPSA) is 42.7 Å². The number of nitrogens with zero attached hydrogens (tertiary/aromatic N) is 1. The Morgan fingerprint density at radius 1 is 0.308 bits per heavy atom. The smallest absolute Gasteiger partial charge is 0.143 e. The van der Waals surface area contributed by atoms with E-state index in [1.165, 1.54) is 0 Å². The lowest BCUT2D eigenvalue weighted by atomic mass is 9.94. The minimum atomic E-state index is 0.824. The van der Waals surface area contributed by atoms with E-state index in [0.29, 0.717) is 0 Å². The van der Waals surface area contributed by atoms with E-state index in [1.807, 2.05) is 48.5 Å². The summed E-state index contributed by atoms with van der Waals surface area (Å²) in [5, 5.41) is 6.43. The Labute approximate surface area is 298 Å². The van der Waals surface area contributed by atoms with Crippen molar-refractivity contribution in [3.8, 4) is 22.3 Å². The number of anilines is 3. The van der Waals surface area contributed by atoms with Crippen molar-refractivity contribution in [3.05, 3.63) is 176 Å². The van der Waals surface area contributed by atoms with Gasteiger partial charge in [0.25, 0.3) is 0 Å². The van der Waals surface area contributed by atoms with Crippen molar-refractivity contribution < 1.29 is 13.3 Å². The maximum Gasteiger partial charge on any atom is 0.143 e. The molecular formula is C48H29NO3. The summed E-state index contributed by atoms with van der Waals surface area (Å²) in [5.74, 6) is 0. The minimum absolute atomic E-state index is 0.824. The van der Waals surface area contributed by atoms with Crippen LogP contribution in [0.5, 0.6) is 0 Å². The highest BCUT2D eigenvalue weighted by molar-refractivity contribution is 6.27. The van der Waals surface area contributed by atoms with E-state index in [0.717, 1.165) is 105 Å². The zero-order chi connectivity index (χ0) is 34.2. The Morgan fingerprint density at radius 2 is 0.846 bits per heavy atom. The second-order valence-electron chi connectivity index (χ2n) is 13.2. The van der Waals surface area contributed by atoms with Crippen LogP contribution >= 0.6 is 0 Å². The lowest BCUT2D eigenvalue weighted by Gasteiger charge is -2.25. The van der Waals surface area contributed by atoms with Crippen LogP contribution in [-0.2, 0) is 0 Å². The van der Waals surface area contributed by atoms with Gasteiger partial charge in [-0.25, -0.2) is 0 Å². The van der Waals surface area contributed by atoms with Crippen molar-refractivity contribution in [2.45, 2.75) is 0 Å². The van der Waals surface area contributed by atoms with Gasteiger partial charge in [0.05, 0.1) is 0 Å². The van der Waals surface area contributed by atoms with Crippen LogP contribution in [0.3, 0.4) is 0 Å². The summed E-state index contributed by atoms with van der Waals surface area (Å²) in [4.78, 5) is 2.28. The Balaban J connectivity index is 1.17. The second kappa shape index (κ2) is 11.2. The monoisotopic (exact) mass is 667 g/mol. The van der Waals surface area contributed by atoms with E-state index in [1.54, 1.807) is 0 Å². The molecule has 0 fully saturated rings. The van der Waals surface area contributed by atoms with E-state index in [2.05, 4.69) is 132 Å². The molecule has 8 aromatic carbocycles. The molecule has 0 bridgehead atoms. The molecule has 0 amide bonds. The van der Waals surface area contributed by atoms with Crippen molar-refractivity contribution in [2.24, 2.45) is 0 Å². The van der Waals surface area contributed by atoms with Crippen LogP contribution in [0.4, 0.5) is 17.1 Å². The molecule has 3 heterocycles. The molecule has 4 heteroatoms. The molecule has 0 atom stereocenters. The summed E-state index contributed by atoms with van der Waals surface area (Å²) >= 11 is 0. The molecule has 0 spiro atoms. The first kappa shape index (κ1) is 28.8. The maximum absolute atomic E-state index is 6.83. The highest BCUT2D eigenvalue weighted by atomic mass is 16.3. The molecule has 0 saturated carbocycles. The van der Waals surface area contributed by atoms with Gasteiger partial charge in [-0.05, 0) is 83.9 Å². The van der Waals surface area contributed by atoms with Crippen LogP contribution in [0, 0.1) is 0 Å². The number of hydrogen-bond acceptors (Lipinski definition) is 4. The largest absolute Gasteiger partial charge is 0.456 e. The fourth-order valence-electron chi connectivity index (χ4n) is 7.92. The lowest BCUT2D eigenvalue weighted by molar-refractivity contribution is 0.663. The first-order valence-corrected chi connectivity index (χ1v) is 17.5. The van der Waals surface area contributed by atoms with E-state index in [-0.39, 0.29) is 0 Å². The van der Waals surface area contributed by atoms with Gasteiger partial charge in [-0.15, -0.1) is 0 Å². The molecule has 0 N–H and O–H groups in total. The van der Waals surface area contributed by atoms with E-state index < -0.39 is 0 Å². The molecule has 0 saturated heterocycles. The van der Waals surface area contributed by atoms with Gasteiger partial charge in [-0.3, -0.25) is 0 Å². The number of hydrogen-bond donors (Lipinski definition) is 0. The van der Waals surface area contributed by atoms with Crippen molar-refractivity contribution >= 4 is 82.9 Å². The van der Waals surface area contributed by atoms with Crippen LogP contribution in [0.25, 0.3) is 88.1 Å². The predicted molar refractivity (Wildman–Crippen MR) is 214 cm³/mol. The number of furan rings is 3. The van der Waals surface area contributed by atoms with Gasteiger partial charge in [0.1, 0.15) is 33.5 Å². The SMILES string of the molecule is c1ccc(N(c2ccccc2)c2ccc(-c3cc(-c4cccc5c4oc4ccccc45)cc4c3oc3ccc5oc6ccccc6c5c34)cc2)cc1. The summed E-state index contributed by atoms with van der Waals surface area (Å²) in [7, 11) is 0. The number of para-hydroxylation sites is 5.